The molecular formula is C11H18N4. The number of rotatable bonds is 4. The SMILES string of the molecule is CN(Cc1cnccn1)C[C@H]1CCCN1. The number of aromatic nitrogens is 2. The van der Waals surface area contributed by atoms with Crippen molar-refractivity contribution in [3.63, 3.8) is 0 Å². The van der Waals surface area contributed by atoms with Gasteiger partial charge in [-0.1, -0.05) is 0 Å². The first-order valence-corrected chi connectivity index (χ1v) is 5.51. The summed E-state index contributed by atoms with van der Waals surface area (Å²) in [5, 5.41) is 3.50. The fourth-order valence-corrected chi connectivity index (χ4v) is 2.04. The average molecular weight is 206 g/mol. The summed E-state index contributed by atoms with van der Waals surface area (Å²) in [4.78, 5) is 10.6. The van der Waals surface area contributed by atoms with Crippen LogP contribution in [0, 0.1) is 0 Å². The number of nitrogens with zero attached hydrogens (tertiary/aromatic N) is 3. The molecular weight excluding hydrogens is 188 g/mol. The molecule has 82 valence electrons. The van der Waals surface area contributed by atoms with E-state index in [2.05, 4.69) is 27.2 Å². The summed E-state index contributed by atoms with van der Waals surface area (Å²) in [6, 6.07) is 0.659. The number of nitrogens with one attached hydrogen (secondary N) is 1. The van der Waals surface area contributed by atoms with Crippen molar-refractivity contribution in [2.45, 2.75) is 25.4 Å². The molecule has 0 radical (unpaired) electrons. The maximum absolute atomic E-state index is 4.27. The molecule has 0 saturated carbocycles. The molecule has 1 saturated heterocycles. The minimum Gasteiger partial charge on any atom is -0.313 e. The second-order valence-corrected chi connectivity index (χ2v) is 4.19. The van der Waals surface area contributed by atoms with Crippen LogP contribution in [0.3, 0.4) is 0 Å². The minimum absolute atomic E-state index is 0.659. The van der Waals surface area contributed by atoms with Gasteiger partial charge in [0.05, 0.1) is 5.69 Å². The highest BCUT2D eigenvalue weighted by molar-refractivity contribution is 4.94. The van der Waals surface area contributed by atoms with Crippen LogP contribution in [0.4, 0.5) is 0 Å². The minimum atomic E-state index is 0.659. The Morgan fingerprint density at radius 1 is 1.53 bits per heavy atom. The number of hydrogen-bond acceptors (Lipinski definition) is 4. The summed E-state index contributed by atoms with van der Waals surface area (Å²) in [5.74, 6) is 0. The molecule has 2 heterocycles. The second kappa shape index (κ2) is 5.19. The lowest BCUT2D eigenvalue weighted by atomic mass is 10.2. The van der Waals surface area contributed by atoms with Gasteiger partial charge in [-0.3, -0.25) is 14.9 Å². The van der Waals surface area contributed by atoms with Crippen LogP contribution in [0.2, 0.25) is 0 Å². The van der Waals surface area contributed by atoms with Crippen LogP contribution in [0.15, 0.2) is 18.6 Å². The smallest absolute Gasteiger partial charge is 0.0726 e. The van der Waals surface area contributed by atoms with E-state index in [-0.39, 0.29) is 0 Å². The zero-order chi connectivity index (χ0) is 10.5. The molecule has 0 spiro atoms. The fraction of sp³-hybridized carbons (Fsp3) is 0.636. The zero-order valence-corrected chi connectivity index (χ0v) is 9.19. The molecule has 4 heteroatoms. The molecule has 4 nitrogen and oxygen atoms in total. The third kappa shape index (κ3) is 3.25. The van der Waals surface area contributed by atoms with Crippen LogP contribution in [0.5, 0.6) is 0 Å². The molecule has 0 bridgehead atoms. The van der Waals surface area contributed by atoms with E-state index in [1.807, 2.05) is 6.20 Å². The Bertz CT molecular complexity index is 282. The third-order valence-corrected chi connectivity index (χ3v) is 2.74. The molecule has 2 rings (SSSR count). The van der Waals surface area contributed by atoms with Gasteiger partial charge in [0.2, 0.25) is 0 Å². The van der Waals surface area contributed by atoms with Crippen molar-refractivity contribution < 1.29 is 0 Å². The van der Waals surface area contributed by atoms with E-state index in [0.717, 1.165) is 18.8 Å². The summed E-state index contributed by atoms with van der Waals surface area (Å²) in [6.45, 7) is 3.15. The maximum atomic E-state index is 4.27. The summed E-state index contributed by atoms with van der Waals surface area (Å²) in [7, 11) is 2.13. The van der Waals surface area contributed by atoms with Crippen LogP contribution < -0.4 is 5.32 Å². The number of likely N-dealkylation sites (N-methyl/N-ethyl adjacent to an activating group) is 1. The Morgan fingerprint density at radius 2 is 2.47 bits per heavy atom. The average Bonchev–Trinajstić information content (AvgIpc) is 2.71. The van der Waals surface area contributed by atoms with E-state index in [1.165, 1.54) is 19.4 Å². The molecule has 0 aromatic carbocycles. The van der Waals surface area contributed by atoms with E-state index < -0.39 is 0 Å². The first kappa shape index (κ1) is 10.5. The summed E-state index contributed by atoms with van der Waals surface area (Å²) >= 11 is 0. The van der Waals surface area contributed by atoms with Crippen molar-refractivity contribution in [1.82, 2.24) is 20.2 Å². The van der Waals surface area contributed by atoms with Gasteiger partial charge >= 0.3 is 0 Å². The quantitative estimate of drug-likeness (QED) is 0.786. The van der Waals surface area contributed by atoms with Gasteiger partial charge in [0.15, 0.2) is 0 Å². The number of hydrogen-bond donors (Lipinski definition) is 1. The normalized spacial score (nSPS) is 21.1. The van der Waals surface area contributed by atoms with Gasteiger partial charge in [-0.25, -0.2) is 0 Å². The molecule has 1 aliphatic rings. The lowest BCUT2D eigenvalue weighted by Gasteiger charge is -2.20. The van der Waals surface area contributed by atoms with Gasteiger partial charge in [-0.05, 0) is 26.4 Å². The third-order valence-electron chi connectivity index (χ3n) is 2.74. The van der Waals surface area contributed by atoms with Gasteiger partial charge < -0.3 is 5.32 Å². The highest BCUT2D eigenvalue weighted by atomic mass is 15.1. The van der Waals surface area contributed by atoms with Crippen LogP contribution in [-0.2, 0) is 6.54 Å². The topological polar surface area (TPSA) is 41.1 Å². The zero-order valence-electron chi connectivity index (χ0n) is 9.19. The van der Waals surface area contributed by atoms with E-state index >= 15 is 0 Å². The lowest BCUT2D eigenvalue weighted by Crippen LogP contribution is -2.35. The molecule has 1 aromatic rings. The van der Waals surface area contributed by atoms with Crippen molar-refractivity contribution in [1.29, 1.82) is 0 Å². The van der Waals surface area contributed by atoms with Crippen LogP contribution in [0.25, 0.3) is 0 Å². The molecule has 0 unspecified atom stereocenters. The van der Waals surface area contributed by atoms with Gasteiger partial charge in [-0.2, -0.15) is 0 Å². The van der Waals surface area contributed by atoms with Crippen molar-refractivity contribution >= 4 is 0 Å². The van der Waals surface area contributed by atoms with E-state index in [4.69, 9.17) is 0 Å². The Morgan fingerprint density at radius 3 is 3.13 bits per heavy atom. The Kier molecular flexibility index (Phi) is 3.64. The summed E-state index contributed by atoms with van der Waals surface area (Å²) < 4.78 is 0. The van der Waals surface area contributed by atoms with Crippen molar-refractivity contribution in [3.8, 4) is 0 Å². The molecule has 1 aliphatic heterocycles. The molecule has 0 amide bonds. The molecule has 1 atom stereocenters. The largest absolute Gasteiger partial charge is 0.313 e. The Hall–Kier alpha value is -1.00. The van der Waals surface area contributed by atoms with Crippen molar-refractivity contribution in [2.24, 2.45) is 0 Å². The predicted octanol–water partition coefficient (Wildman–Crippen LogP) is 0.660. The highest BCUT2D eigenvalue weighted by Gasteiger charge is 2.15. The second-order valence-electron chi connectivity index (χ2n) is 4.19. The molecule has 1 aromatic heterocycles. The maximum Gasteiger partial charge on any atom is 0.0726 e. The van der Waals surface area contributed by atoms with Gasteiger partial charge in [0.1, 0.15) is 0 Å². The highest BCUT2D eigenvalue weighted by Crippen LogP contribution is 2.07. The van der Waals surface area contributed by atoms with E-state index in [9.17, 15) is 0 Å². The molecule has 1 fully saturated rings. The van der Waals surface area contributed by atoms with Crippen LogP contribution in [0.1, 0.15) is 18.5 Å². The molecule has 0 aliphatic carbocycles. The van der Waals surface area contributed by atoms with Gasteiger partial charge in [-0.15, -0.1) is 0 Å². The first-order valence-electron chi connectivity index (χ1n) is 5.51. The van der Waals surface area contributed by atoms with Crippen molar-refractivity contribution in [2.75, 3.05) is 20.1 Å². The van der Waals surface area contributed by atoms with E-state index in [1.54, 1.807) is 12.4 Å². The van der Waals surface area contributed by atoms with Gasteiger partial charge in [0, 0.05) is 37.7 Å². The standard InChI is InChI=1S/C11H18N4/c1-15(8-10-3-2-4-13-10)9-11-7-12-5-6-14-11/h5-7,10,13H,2-4,8-9H2,1H3/t10-/m1/s1. The summed E-state index contributed by atoms with van der Waals surface area (Å²) in [5.41, 5.74) is 1.04. The summed E-state index contributed by atoms with van der Waals surface area (Å²) in [6.07, 6.45) is 7.89. The van der Waals surface area contributed by atoms with E-state index in [0.29, 0.717) is 6.04 Å². The van der Waals surface area contributed by atoms with Crippen LogP contribution in [-0.4, -0.2) is 41.0 Å². The predicted molar refractivity (Wildman–Crippen MR) is 59.4 cm³/mol. The molecule has 15 heavy (non-hydrogen) atoms. The van der Waals surface area contributed by atoms with Crippen LogP contribution >= 0.6 is 0 Å². The van der Waals surface area contributed by atoms with Gasteiger partial charge in [0.25, 0.3) is 0 Å². The fourth-order valence-electron chi connectivity index (χ4n) is 2.04. The Balaban J connectivity index is 1.79. The monoisotopic (exact) mass is 206 g/mol. The first-order chi connectivity index (χ1) is 7.34. The Labute approximate surface area is 90.7 Å². The molecule has 1 N–H and O–H groups in total. The van der Waals surface area contributed by atoms with Crippen molar-refractivity contribution in [3.05, 3.63) is 24.3 Å². The lowest BCUT2D eigenvalue weighted by molar-refractivity contribution is 0.290.